The molecule has 2 heterocycles. The van der Waals surface area contributed by atoms with Crippen LogP contribution in [0.2, 0.25) is 5.02 Å². The Morgan fingerprint density at radius 2 is 1.77 bits per heavy atom. The summed E-state index contributed by atoms with van der Waals surface area (Å²) in [6.45, 7) is 2.97. The first-order valence-electron chi connectivity index (χ1n) is 9.91. The molecule has 1 aromatic heterocycles. The van der Waals surface area contributed by atoms with Crippen LogP contribution >= 0.6 is 11.6 Å². The van der Waals surface area contributed by atoms with E-state index in [2.05, 4.69) is 14.9 Å². The number of halogens is 1. The highest BCUT2D eigenvalue weighted by atomic mass is 35.5. The van der Waals surface area contributed by atoms with Gasteiger partial charge in [-0.05, 0) is 18.2 Å². The van der Waals surface area contributed by atoms with E-state index in [-0.39, 0.29) is 11.5 Å². The van der Waals surface area contributed by atoms with Crippen LogP contribution in [0.3, 0.4) is 0 Å². The number of rotatable bonds is 5. The second-order valence-corrected chi connectivity index (χ2v) is 7.69. The SMILES string of the molecule is COc1cc2nc(CN3CCN(C(=O)c4ccccc4Cl)CC3)[nH]c(=O)c2cc1OC. The molecule has 1 aliphatic rings. The molecule has 9 heteroatoms. The van der Waals surface area contributed by atoms with Crippen molar-refractivity contribution >= 4 is 28.4 Å². The van der Waals surface area contributed by atoms with Crippen LogP contribution in [0.15, 0.2) is 41.2 Å². The first-order chi connectivity index (χ1) is 15.0. The number of nitrogens with one attached hydrogen (secondary N) is 1. The summed E-state index contributed by atoms with van der Waals surface area (Å²) in [5.74, 6) is 1.50. The molecular formula is C22H23ClN4O4. The number of piperazine rings is 1. The second kappa shape index (κ2) is 8.95. The normalized spacial score (nSPS) is 14.6. The van der Waals surface area contributed by atoms with Crippen LogP contribution < -0.4 is 15.0 Å². The summed E-state index contributed by atoms with van der Waals surface area (Å²) in [5.41, 5.74) is 0.833. The van der Waals surface area contributed by atoms with Crippen LogP contribution in [0.4, 0.5) is 0 Å². The number of H-pyrrole nitrogens is 1. The topological polar surface area (TPSA) is 87.8 Å². The number of fused-ring (bicyclic) bond motifs is 1. The van der Waals surface area contributed by atoms with Gasteiger partial charge in [0.1, 0.15) is 5.82 Å². The Labute approximate surface area is 184 Å². The quantitative estimate of drug-likeness (QED) is 0.653. The first kappa shape index (κ1) is 21.1. The van der Waals surface area contributed by atoms with E-state index in [9.17, 15) is 9.59 Å². The predicted octanol–water partition coefficient (Wildman–Crippen LogP) is 2.55. The van der Waals surface area contributed by atoms with Gasteiger partial charge in [0.05, 0.1) is 42.3 Å². The lowest BCUT2D eigenvalue weighted by atomic mass is 10.2. The molecule has 31 heavy (non-hydrogen) atoms. The zero-order chi connectivity index (χ0) is 22.0. The molecule has 1 N–H and O–H groups in total. The summed E-state index contributed by atoms with van der Waals surface area (Å²) < 4.78 is 10.6. The van der Waals surface area contributed by atoms with E-state index in [0.29, 0.717) is 71.5 Å². The lowest BCUT2D eigenvalue weighted by Crippen LogP contribution is -2.48. The molecule has 4 rings (SSSR count). The molecule has 8 nitrogen and oxygen atoms in total. The van der Waals surface area contributed by atoms with Crippen molar-refractivity contribution in [2.45, 2.75) is 6.54 Å². The van der Waals surface area contributed by atoms with E-state index in [0.717, 1.165) is 0 Å². The van der Waals surface area contributed by atoms with E-state index in [1.54, 1.807) is 42.3 Å². The molecule has 1 fully saturated rings. The van der Waals surface area contributed by atoms with Gasteiger partial charge in [-0.15, -0.1) is 0 Å². The summed E-state index contributed by atoms with van der Waals surface area (Å²) in [5, 5.41) is 0.900. The smallest absolute Gasteiger partial charge is 0.258 e. The number of carbonyl (C=O) groups excluding carboxylic acids is 1. The van der Waals surface area contributed by atoms with Crippen molar-refractivity contribution in [2.24, 2.45) is 0 Å². The van der Waals surface area contributed by atoms with Gasteiger partial charge in [-0.2, -0.15) is 0 Å². The third-order valence-electron chi connectivity index (χ3n) is 5.40. The average molecular weight is 443 g/mol. The molecule has 1 aliphatic heterocycles. The van der Waals surface area contributed by atoms with E-state index >= 15 is 0 Å². The molecule has 0 atom stereocenters. The molecule has 2 aromatic carbocycles. The van der Waals surface area contributed by atoms with Gasteiger partial charge in [0, 0.05) is 32.2 Å². The van der Waals surface area contributed by atoms with Crippen LogP contribution in [0.5, 0.6) is 11.5 Å². The zero-order valence-electron chi connectivity index (χ0n) is 17.4. The minimum Gasteiger partial charge on any atom is -0.493 e. The van der Waals surface area contributed by atoms with Crippen LogP contribution in [0.1, 0.15) is 16.2 Å². The number of nitrogens with zero attached hydrogens (tertiary/aromatic N) is 3. The Kier molecular flexibility index (Phi) is 6.11. The van der Waals surface area contributed by atoms with Crippen LogP contribution in [-0.2, 0) is 6.54 Å². The minimum absolute atomic E-state index is 0.0662. The molecule has 1 saturated heterocycles. The lowest BCUT2D eigenvalue weighted by Gasteiger charge is -2.34. The van der Waals surface area contributed by atoms with Gasteiger partial charge in [-0.25, -0.2) is 4.98 Å². The van der Waals surface area contributed by atoms with Gasteiger partial charge in [0.2, 0.25) is 0 Å². The van der Waals surface area contributed by atoms with Gasteiger partial charge in [-0.3, -0.25) is 14.5 Å². The lowest BCUT2D eigenvalue weighted by molar-refractivity contribution is 0.0625. The second-order valence-electron chi connectivity index (χ2n) is 7.29. The van der Waals surface area contributed by atoms with E-state index in [4.69, 9.17) is 21.1 Å². The third kappa shape index (κ3) is 4.35. The number of aromatic nitrogens is 2. The number of methoxy groups -OCH3 is 2. The summed E-state index contributed by atoms with van der Waals surface area (Å²) in [7, 11) is 3.07. The summed E-state index contributed by atoms with van der Waals surface area (Å²) in [6, 6.07) is 10.4. The molecule has 162 valence electrons. The number of amides is 1. The van der Waals surface area contributed by atoms with Crippen molar-refractivity contribution in [3.05, 3.63) is 63.2 Å². The first-order valence-corrected chi connectivity index (χ1v) is 10.3. The maximum absolute atomic E-state index is 12.7. The van der Waals surface area contributed by atoms with Crippen molar-refractivity contribution in [1.29, 1.82) is 0 Å². The molecule has 3 aromatic rings. The standard InChI is InChI=1S/C22H23ClN4O4/c1-30-18-11-15-17(12-19(18)31-2)24-20(25-21(15)28)13-26-7-9-27(10-8-26)22(29)14-5-3-4-6-16(14)23/h3-6,11-12H,7-10,13H2,1-2H3,(H,24,25,28). The number of ether oxygens (including phenoxy) is 2. The molecular weight excluding hydrogens is 420 g/mol. The number of hydrogen-bond acceptors (Lipinski definition) is 6. The fourth-order valence-electron chi connectivity index (χ4n) is 3.72. The fourth-order valence-corrected chi connectivity index (χ4v) is 3.93. The molecule has 0 unspecified atom stereocenters. The molecule has 0 radical (unpaired) electrons. The average Bonchev–Trinajstić information content (AvgIpc) is 2.78. The highest BCUT2D eigenvalue weighted by Gasteiger charge is 2.24. The van der Waals surface area contributed by atoms with Gasteiger partial charge in [-0.1, -0.05) is 23.7 Å². The highest BCUT2D eigenvalue weighted by molar-refractivity contribution is 6.33. The fraction of sp³-hybridized carbons (Fsp3) is 0.318. The monoisotopic (exact) mass is 442 g/mol. The Balaban J connectivity index is 1.46. The number of hydrogen-bond donors (Lipinski definition) is 1. The molecule has 1 amide bonds. The predicted molar refractivity (Wildman–Crippen MR) is 118 cm³/mol. The summed E-state index contributed by atoms with van der Waals surface area (Å²) in [4.78, 5) is 36.7. The van der Waals surface area contributed by atoms with Gasteiger partial charge in [0.25, 0.3) is 11.5 Å². The van der Waals surface area contributed by atoms with Crippen molar-refractivity contribution in [1.82, 2.24) is 19.8 Å². The largest absolute Gasteiger partial charge is 0.493 e. The molecule has 0 spiro atoms. The maximum Gasteiger partial charge on any atom is 0.258 e. The molecule has 0 bridgehead atoms. The van der Waals surface area contributed by atoms with Crippen LogP contribution in [0.25, 0.3) is 10.9 Å². The molecule has 0 aliphatic carbocycles. The van der Waals surface area contributed by atoms with E-state index in [1.807, 2.05) is 6.07 Å². The number of benzene rings is 2. The Bertz CT molecular complexity index is 1170. The number of carbonyl (C=O) groups is 1. The summed E-state index contributed by atoms with van der Waals surface area (Å²) in [6.07, 6.45) is 0. The van der Waals surface area contributed by atoms with Gasteiger partial charge >= 0.3 is 0 Å². The Hall–Kier alpha value is -3.10. The van der Waals surface area contributed by atoms with Gasteiger partial charge in [0.15, 0.2) is 11.5 Å². The van der Waals surface area contributed by atoms with Crippen LogP contribution in [0, 0.1) is 0 Å². The molecule has 0 saturated carbocycles. The Morgan fingerprint density at radius 3 is 2.45 bits per heavy atom. The maximum atomic E-state index is 12.7. The Morgan fingerprint density at radius 1 is 1.10 bits per heavy atom. The van der Waals surface area contributed by atoms with Crippen molar-refractivity contribution in [3.63, 3.8) is 0 Å². The van der Waals surface area contributed by atoms with Crippen LogP contribution in [-0.4, -0.2) is 66.1 Å². The van der Waals surface area contributed by atoms with Crippen molar-refractivity contribution in [2.75, 3.05) is 40.4 Å². The zero-order valence-corrected chi connectivity index (χ0v) is 18.1. The summed E-state index contributed by atoms with van der Waals surface area (Å²) >= 11 is 6.16. The van der Waals surface area contributed by atoms with Gasteiger partial charge < -0.3 is 19.4 Å². The highest BCUT2D eigenvalue weighted by Crippen LogP contribution is 2.30. The van der Waals surface area contributed by atoms with E-state index in [1.165, 1.54) is 7.11 Å². The number of aromatic amines is 1. The third-order valence-corrected chi connectivity index (χ3v) is 5.73. The minimum atomic E-state index is -0.228. The van der Waals surface area contributed by atoms with Crippen molar-refractivity contribution in [3.8, 4) is 11.5 Å². The van der Waals surface area contributed by atoms with E-state index < -0.39 is 0 Å². The van der Waals surface area contributed by atoms with Crippen molar-refractivity contribution < 1.29 is 14.3 Å².